The zero-order chi connectivity index (χ0) is 20.7. The number of hydrogen-bond donors (Lipinski definition) is 0. The van der Waals surface area contributed by atoms with Crippen molar-refractivity contribution in [3.63, 3.8) is 0 Å². The fourth-order valence-corrected chi connectivity index (χ4v) is 3.42. The second-order valence-electron chi connectivity index (χ2n) is 6.47. The van der Waals surface area contributed by atoms with Crippen molar-refractivity contribution in [3.8, 4) is 11.5 Å². The zero-order valence-electron chi connectivity index (χ0n) is 15.7. The van der Waals surface area contributed by atoms with E-state index < -0.39 is 16.9 Å². The highest BCUT2D eigenvalue weighted by molar-refractivity contribution is 9.09. The largest absolute Gasteiger partial charge is 0.493 e. The van der Waals surface area contributed by atoms with Gasteiger partial charge in [-0.1, -0.05) is 28.1 Å². The molecule has 0 bridgehead atoms. The molecule has 0 aliphatic carbocycles. The average Bonchev–Trinajstić information content (AvgIpc) is 3.07. The minimum Gasteiger partial charge on any atom is -0.493 e. The third-order valence-electron chi connectivity index (χ3n) is 4.45. The Morgan fingerprint density at radius 3 is 2.75 bits per heavy atom. The smallest absolute Gasteiger partial charge is 0.286 e. The Kier molecular flexibility index (Phi) is 7.98. The van der Waals surface area contributed by atoms with E-state index in [2.05, 4.69) is 22.5 Å². The van der Waals surface area contributed by atoms with E-state index >= 15 is 0 Å². The van der Waals surface area contributed by atoms with E-state index in [0.29, 0.717) is 19.3 Å². The standard InChI is InChI=1S/C19H23BrN2O6/c1-13-8-14(12-23)21(11-13)19(24)15-9-17(27-2)18(10-16(15)22(25)26)28-7-5-3-4-6-20/h9-10,12,14H,1,3-8,11H2,2H3. The molecule has 1 amide bonds. The summed E-state index contributed by atoms with van der Waals surface area (Å²) in [5.41, 5.74) is 0.196. The number of amides is 1. The van der Waals surface area contributed by atoms with Crippen LogP contribution in [-0.4, -0.2) is 53.6 Å². The molecule has 1 heterocycles. The number of carbonyl (C=O) groups excluding carboxylic acids is 2. The maximum Gasteiger partial charge on any atom is 0.286 e. The highest BCUT2D eigenvalue weighted by Gasteiger charge is 2.35. The lowest BCUT2D eigenvalue weighted by molar-refractivity contribution is -0.385. The minimum absolute atomic E-state index is 0.143. The number of nitrogens with zero attached hydrogens (tertiary/aromatic N) is 2. The summed E-state index contributed by atoms with van der Waals surface area (Å²) in [6.07, 6.45) is 3.77. The van der Waals surface area contributed by atoms with Crippen LogP contribution in [-0.2, 0) is 4.79 Å². The predicted octanol–water partition coefficient (Wildman–Crippen LogP) is 3.52. The number of ether oxygens (including phenoxy) is 2. The molecule has 0 radical (unpaired) electrons. The molecule has 0 saturated carbocycles. The van der Waals surface area contributed by atoms with E-state index in [1.807, 2.05) is 0 Å². The molecule has 9 heteroatoms. The summed E-state index contributed by atoms with van der Waals surface area (Å²) in [5.74, 6) is -0.165. The number of carbonyl (C=O) groups is 2. The van der Waals surface area contributed by atoms with E-state index in [1.54, 1.807) is 0 Å². The summed E-state index contributed by atoms with van der Waals surface area (Å²) < 4.78 is 10.9. The van der Waals surface area contributed by atoms with Crippen LogP contribution >= 0.6 is 15.9 Å². The number of aldehydes is 1. The molecule has 1 atom stereocenters. The quantitative estimate of drug-likeness (QED) is 0.134. The van der Waals surface area contributed by atoms with Gasteiger partial charge in [0, 0.05) is 17.9 Å². The molecule has 1 aromatic rings. The summed E-state index contributed by atoms with van der Waals surface area (Å²) in [6.45, 7) is 4.37. The van der Waals surface area contributed by atoms with E-state index in [0.717, 1.165) is 30.2 Å². The summed E-state index contributed by atoms with van der Waals surface area (Å²) >= 11 is 3.36. The molecule has 28 heavy (non-hydrogen) atoms. The Morgan fingerprint density at radius 2 is 2.14 bits per heavy atom. The Morgan fingerprint density at radius 1 is 1.39 bits per heavy atom. The van der Waals surface area contributed by atoms with Crippen LogP contribution in [0.3, 0.4) is 0 Å². The van der Waals surface area contributed by atoms with Crippen LogP contribution in [0.5, 0.6) is 11.5 Å². The first kappa shape index (κ1) is 21.9. The number of nitro groups is 1. The van der Waals surface area contributed by atoms with Crippen LogP contribution in [0.2, 0.25) is 0 Å². The van der Waals surface area contributed by atoms with Gasteiger partial charge in [0.1, 0.15) is 11.8 Å². The van der Waals surface area contributed by atoms with Crippen LogP contribution in [0.1, 0.15) is 36.0 Å². The first-order chi connectivity index (χ1) is 13.4. The van der Waals surface area contributed by atoms with E-state index in [4.69, 9.17) is 9.47 Å². The molecule has 0 N–H and O–H groups in total. The predicted molar refractivity (Wildman–Crippen MR) is 107 cm³/mol. The molecular weight excluding hydrogens is 432 g/mol. The fraction of sp³-hybridized carbons (Fsp3) is 0.474. The van der Waals surface area contributed by atoms with E-state index in [9.17, 15) is 19.7 Å². The lowest BCUT2D eigenvalue weighted by Gasteiger charge is -2.20. The monoisotopic (exact) mass is 454 g/mol. The molecule has 1 fully saturated rings. The number of benzene rings is 1. The molecule has 152 valence electrons. The molecule has 0 spiro atoms. The third-order valence-corrected chi connectivity index (χ3v) is 5.02. The highest BCUT2D eigenvalue weighted by atomic mass is 79.9. The lowest BCUT2D eigenvalue weighted by atomic mass is 10.1. The Balaban J connectivity index is 2.31. The van der Waals surface area contributed by atoms with Gasteiger partial charge in [-0.25, -0.2) is 0 Å². The van der Waals surface area contributed by atoms with E-state index in [1.165, 1.54) is 24.1 Å². The van der Waals surface area contributed by atoms with Crippen molar-refractivity contribution in [3.05, 3.63) is 40.0 Å². The lowest BCUT2D eigenvalue weighted by Crippen LogP contribution is -2.36. The molecule has 1 saturated heterocycles. The average molecular weight is 455 g/mol. The second-order valence-corrected chi connectivity index (χ2v) is 7.26. The van der Waals surface area contributed by atoms with Crippen LogP contribution in [0.4, 0.5) is 5.69 Å². The highest BCUT2D eigenvalue weighted by Crippen LogP contribution is 2.36. The molecule has 1 aliphatic heterocycles. The maximum atomic E-state index is 12.9. The number of nitro benzene ring substituents is 1. The van der Waals surface area contributed by atoms with Crippen molar-refractivity contribution in [2.45, 2.75) is 31.7 Å². The van der Waals surface area contributed by atoms with Gasteiger partial charge in [0.25, 0.3) is 11.6 Å². The molecule has 0 aromatic heterocycles. The summed E-state index contributed by atoms with van der Waals surface area (Å²) in [7, 11) is 1.40. The van der Waals surface area contributed by atoms with Crippen LogP contribution in [0.15, 0.2) is 24.3 Å². The van der Waals surface area contributed by atoms with Gasteiger partial charge in [-0.3, -0.25) is 14.9 Å². The Bertz CT molecular complexity index is 767. The van der Waals surface area contributed by atoms with E-state index in [-0.39, 0.29) is 29.3 Å². The molecule has 8 nitrogen and oxygen atoms in total. The summed E-state index contributed by atoms with van der Waals surface area (Å²) in [6, 6.07) is 1.84. The Labute approximate surface area is 171 Å². The van der Waals surface area contributed by atoms with Gasteiger partial charge >= 0.3 is 0 Å². The zero-order valence-corrected chi connectivity index (χ0v) is 17.3. The normalized spacial score (nSPS) is 16.1. The summed E-state index contributed by atoms with van der Waals surface area (Å²) in [4.78, 5) is 36.4. The minimum atomic E-state index is -0.670. The maximum absolute atomic E-state index is 12.9. The molecule has 1 aliphatic rings. The first-order valence-electron chi connectivity index (χ1n) is 8.91. The van der Waals surface area contributed by atoms with Crippen molar-refractivity contribution in [1.82, 2.24) is 4.90 Å². The molecule has 1 aromatic carbocycles. The van der Waals surface area contributed by atoms with Gasteiger partial charge in [0.15, 0.2) is 11.5 Å². The first-order valence-corrected chi connectivity index (χ1v) is 10.0. The fourth-order valence-electron chi connectivity index (χ4n) is 3.03. The number of likely N-dealkylation sites (tertiary alicyclic amines) is 1. The summed E-state index contributed by atoms with van der Waals surface area (Å²) in [5, 5.41) is 12.5. The van der Waals surface area contributed by atoms with Crippen LogP contribution in [0, 0.1) is 10.1 Å². The van der Waals surface area contributed by atoms with Gasteiger partial charge in [-0.15, -0.1) is 0 Å². The number of hydrogen-bond acceptors (Lipinski definition) is 6. The van der Waals surface area contributed by atoms with Crippen LogP contribution < -0.4 is 9.47 Å². The topological polar surface area (TPSA) is 99.0 Å². The van der Waals surface area contributed by atoms with Crippen molar-refractivity contribution >= 4 is 33.8 Å². The van der Waals surface area contributed by atoms with Crippen molar-refractivity contribution < 1.29 is 24.0 Å². The second kappa shape index (κ2) is 10.2. The SMILES string of the molecule is C=C1CC(C=O)N(C(=O)c2cc(OC)c(OCCCCCBr)cc2[N+](=O)[O-])C1. The molecule has 1 unspecified atom stereocenters. The van der Waals surface area contributed by atoms with Crippen molar-refractivity contribution in [2.75, 3.05) is 25.6 Å². The van der Waals surface area contributed by atoms with Crippen molar-refractivity contribution in [1.29, 1.82) is 0 Å². The van der Waals surface area contributed by atoms with Gasteiger partial charge < -0.3 is 19.2 Å². The third kappa shape index (κ3) is 5.09. The van der Waals surface area contributed by atoms with Gasteiger partial charge in [-0.2, -0.15) is 0 Å². The van der Waals surface area contributed by atoms with Crippen LogP contribution in [0.25, 0.3) is 0 Å². The van der Waals surface area contributed by atoms with Gasteiger partial charge in [0.05, 0.1) is 30.7 Å². The number of halogens is 1. The number of methoxy groups -OCH3 is 1. The van der Waals surface area contributed by atoms with Gasteiger partial charge in [-0.05, 0) is 25.7 Å². The van der Waals surface area contributed by atoms with Crippen molar-refractivity contribution in [2.24, 2.45) is 0 Å². The Hall–Kier alpha value is -2.42. The number of rotatable bonds is 10. The number of alkyl halides is 1. The number of unbranched alkanes of at least 4 members (excludes halogenated alkanes) is 2. The van der Waals surface area contributed by atoms with Gasteiger partial charge in [0.2, 0.25) is 0 Å². The molecular formula is C19H23BrN2O6. The molecule has 2 rings (SSSR count).